The third-order valence-corrected chi connectivity index (χ3v) is 10.3. The topological polar surface area (TPSA) is 85.2 Å². The Kier molecular flexibility index (Phi) is 8.14. The highest BCUT2D eigenvalue weighted by molar-refractivity contribution is 5.99. The van der Waals surface area contributed by atoms with E-state index in [-0.39, 0.29) is 18.2 Å². The molecule has 7 rings (SSSR count). The first-order chi connectivity index (χ1) is 22.6. The van der Waals surface area contributed by atoms with E-state index in [1.165, 1.54) is 0 Å². The molecule has 1 amide bonds. The second-order valence-electron chi connectivity index (χ2n) is 14.4. The first-order valence-corrected chi connectivity index (χ1v) is 16.9. The molecule has 0 radical (unpaired) electrons. The van der Waals surface area contributed by atoms with Gasteiger partial charge in [-0.3, -0.25) is 0 Å². The summed E-state index contributed by atoms with van der Waals surface area (Å²) in [6.45, 7) is 9.75. The van der Waals surface area contributed by atoms with E-state index >= 15 is 0 Å². The number of carbonyl (C=O) groups excluding carboxylic acids is 1. The van der Waals surface area contributed by atoms with Gasteiger partial charge in [0, 0.05) is 72.1 Å². The number of benzene rings is 2. The number of ether oxygens (including phenoxy) is 2. The van der Waals surface area contributed by atoms with E-state index in [4.69, 9.17) is 20.9 Å². The summed E-state index contributed by atoms with van der Waals surface area (Å²) in [4.78, 5) is 27.2. The molecule has 0 aliphatic carbocycles. The fraction of sp³-hybridized carbons (Fsp3) is 0.500. The smallest absolute Gasteiger partial charge is 0.410 e. The highest BCUT2D eigenvalue weighted by Crippen LogP contribution is 2.43. The van der Waals surface area contributed by atoms with Gasteiger partial charge in [-0.15, -0.1) is 6.42 Å². The van der Waals surface area contributed by atoms with Crippen LogP contribution >= 0.6 is 0 Å². The van der Waals surface area contributed by atoms with Crippen molar-refractivity contribution >= 4 is 28.4 Å². The molecule has 3 atom stereocenters. The van der Waals surface area contributed by atoms with E-state index in [1.807, 2.05) is 37.8 Å². The lowest BCUT2D eigenvalue weighted by molar-refractivity contribution is 0.0209. The van der Waals surface area contributed by atoms with Crippen LogP contribution in [0.1, 0.15) is 68.7 Å². The number of piperazine rings is 1. The number of carbonyl (C=O) groups is 1. The second-order valence-corrected chi connectivity index (χ2v) is 14.4. The standard InChI is InChI=1S/C38H44N6O3/c1-6-25-10-7-11-26-12-8-14-33(34(25)26)42-19-17-30-32(23-42)31(20-39)36(46-24-29-13-9-18-41(29)5)40-35(30)44-27-15-16-28(44)22-43(21-27)37(45)47-38(2,3)4/h1,7-8,10-12,14,27-29H,9,13,15-19,21-24H2,2-5H3/t27-,28+,29-/m0/s1. The van der Waals surface area contributed by atoms with Crippen molar-refractivity contribution in [2.75, 3.05) is 49.6 Å². The van der Waals surface area contributed by atoms with E-state index < -0.39 is 5.60 Å². The Morgan fingerprint density at radius 3 is 2.47 bits per heavy atom. The molecule has 2 aromatic carbocycles. The number of likely N-dealkylation sites (tertiary alicyclic amines) is 2. The monoisotopic (exact) mass is 632 g/mol. The molecule has 244 valence electrons. The Labute approximate surface area is 278 Å². The van der Waals surface area contributed by atoms with Gasteiger partial charge in [-0.1, -0.05) is 30.2 Å². The normalized spacial score (nSPS) is 22.6. The first-order valence-electron chi connectivity index (χ1n) is 16.9. The number of nitrogens with zero attached hydrogens (tertiary/aromatic N) is 6. The third-order valence-electron chi connectivity index (χ3n) is 10.3. The van der Waals surface area contributed by atoms with Crippen molar-refractivity contribution in [2.45, 2.75) is 83.1 Å². The van der Waals surface area contributed by atoms with E-state index in [2.05, 4.69) is 58.0 Å². The molecule has 0 N–H and O–H groups in total. The van der Waals surface area contributed by atoms with Crippen LogP contribution in [-0.2, 0) is 17.7 Å². The van der Waals surface area contributed by atoms with Crippen LogP contribution in [-0.4, -0.2) is 84.4 Å². The number of anilines is 2. The summed E-state index contributed by atoms with van der Waals surface area (Å²) in [6, 6.07) is 15.4. The van der Waals surface area contributed by atoms with Gasteiger partial charge in [-0.2, -0.15) is 10.2 Å². The number of amides is 1. The van der Waals surface area contributed by atoms with Crippen LogP contribution in [0.4, 0.5) is 16.3 Å². The summed E-state index contributed by atoms with van der Waals surface area (Å²) in [5.74, 6) is 4.21. The minimum absolute atomic E-state index is 0.119. The fourth-order valence-corrected chi connectivity index (χ4v) is 8.02. The Morgan fingerprint density at radius 1 is 1.06 bits per heavy atom. The summed E-state index contributed by atoms with van der Waals surface area (Å²) < 4.78 is 12.2. The third kappa shape index (κ3) is 5.83. The molecule has 1 aromatic heterocycles. The highest BCUT2D eigenvalue weighted by atomic mass is 16.6. The molecule has 0 spiro atoms. The van der Waals surface area contributed by atoms with Crippen molar-refractivity contribution in [1.29, 1.82) is 5.26 Å². The van der Waals surface area contributed by atoms with Gasteiger partial charge in [-0.25, -0.2) is 4.79 Å². The predicted octanol–water partition coefficient (Wildman–Crippen LogP) is 5.71. The summed E-state index contributed by atoms with van der Waals surface area (Å²) >= 11 is 0. The van der Waals surface area contributed by atoms with Crippen LogP contribution in [0.3, 0.4) is 0 Å². The van der Waals surface area contributed by atoms with E-state index in [0.717, 1.165) is 84.2 Å². The molecule has 3 aromatic rings. The average Bonchev–Trinajstić information content (AvgIpc) is 3.58. The molecule has 5 heterocycles. The van der Waals surface area contributed by atoms with Crippen LogP contribution in [0.5, 0.6) is 5.88 Å². The van der Waals surface area contributed by atoms with Gasteiger partial charge in [0.2, 0.25) is 5.88 Å². The lowest BCUT2D eigenvalue weighted by atomic mass is 9.93. The molecule has 2 bridgehead atoms. The molecule has 9 heteroatoms. The highest BCUT2D eigenvalue weighted by Gasteiger charge is 2.45. The Balaban J connectivity index is 1.27. The van der Waals surface area contributed by atoms with Crippen LogP contribution in [0.2, 0.25) is 0 Å². The maximum atomic E-state index is 13.1. The number of pyridine rings is 1. The van der Waals surface area contributed by atoms with Crippen molar-refractivity contribution in [3.63, 3.8) is 0 Å². The number of nitriles is 1. The quantitative estimate of drug-likeness (QED) is 0.331. The number of hydrogen-bond acceptors (Lipinski definition) is 8. The molecule has 3 saturated heterocycles. The zero-order valence-electron chi connectivity index (χ0n) is 28.0. The van der Waals surface area contributed by atoms with Crippen LogP contribution < -0.4 is 14.5 Å². The molecule has 4 aliphatic rings. The number of terminal acetylenes is 1. The zero-order chi connectivity index (χ0) is 32.9. The number of aromatic nitrogens is 1. The molecule has 3 fully saturated rings. The number of likely N-dealkylation sites (N-methyl/N-ethyl adjacent to an activating group) is 1. The lowest BCUT2D eigenvalue weighted by Crippen LogP contribution is -2.56. The van der Waals surface area contributed by atoms with Crippen molar-refractivity contribution in [3.05, 3.63) is 58.7 Å². The zero-order valence-corrected chi connectivity index (χ0v) is 28.0. The molecule has 0 unspecified atom stereocenters. The van der Waals surface area contributed by atoms with Gasteiger partial charge in [0.15, 0.2) is 0 Å². The molecule has 9 nitrogen and oxygen atoms in total. The molecular formula is C38H44N6O3. The summed E-state index contributed by atoms with van der Waals surface area (Å²) in [5.41, 5.74) is 4.00. The van der Waals surface area contributed by atoms with E-state index in [1.54, 1.807) is 0 Å². The van der Waals surface area contributed by atoms with Crippen molar-refractivity contribution in [3.8, 4) is 24.3 Å². The first kappa shape index (κ1) is 31.1. The summed E-state index contributed by atoms with van der Waals surface area (Å²) in [6.07, 6.45) is 10.6. The SMILES string of the molecule is C#Cc1cccc2cccc(N3CCc4c(N5[C@@H]6CC[C@H]5CN(C(=O)OC(C)(C)C)C6)nc(OC[C@@H]5CCCN5C)c(C#N)c4C3)c12. The maximum absolute atomic E-state index is 13.1. The minimum atomic E-state index is -0.544. The number of rotatable bonds is 5. The van der Waals surface area contributed by atoms with Gasteiger partial charge in [0.1, 0.15) is 29.7 Å². The predicted molar refractivity (Wildman–Crippen MR) is 184 cm³/mol. The van der Waals surface area contributed by atoms with Gasteiger partial charge in [-0.05, 0) is 84.0 Å². The van der Waals surface area contributed by atoms with Crippen LogP contribution in [0, 0.1) is 23.7 Å². The lowest BCUT2D eigenvalue weighted by Gasteiger charge is -2.43. The molecule has 47 heavy (non-hydrogen) atoms. The fourth-order valence-electron chi connectivity index (χ4n) is 8.02. The number of fused-ring (bicyclic) bond motifs is 4. The van der Waals surface area contributed by atoms with Gasteiger partial charge in [0.25, 0.3) is 0 Å². The minimum Gasteiger partial charge on any atom is -0.475 e. The van der Waals surface area contributed by atoms with Crippen LogP contribution in [0.15, 0.2) is 36.4 Å². The van der Waals surface area contributed by atoms with Crippen molar-refractivity contribution in [2.24, 2.45) is 0 Å². The Bertz CT molecular complexity index is 1770. The molecular weight excluding hydrogens is 588 g/mol. The van der Waals surface area contributed by atoms with Gasteiger partial charge < -0.3 is 29.1 Å². The maximum Gasteiger partial charge on any atom is 0.410 e. The van der Waals surface area contributed by atoms with Crippen molar-refractivity contribution < 1.29 is 14.3 Å². The van der Waals surface area contributed by atoms with E-state index in [0.29, 0.717) is 43.7 Å². The second kappa shape index (κ2) is 12.3. The largest absolute Gasteiger partial charge is 0.475 e. The van der Waals surface area contributed by atoms with Crippen molar-refractivity contribution in [1.82, 2.24) is 14.8 Å². The van der Waals surface area contributed by atoms with Gasteiger partial charge in [0.05, 0.1) is 0 Å². The molecule has 0 saturated carbocycles. The van der Waals surface area contributed by atoms with Gasteiger partial charge >= 0.3 is 6.09 Å². The summed E-state index contributed by atoms with van der Waals surface area (Å²) in [5, 5.41) is 12.8. The molecule has 4 aliphatic heterocycles. The van der Waals surface area contributed by atoms with Crippen LogP contribution in [0.25, 0.3) is 10.8 Å². The van der Waals surface area contributed by atoms with E-state index in [9.17, 15) is 10.1 Å². The Hall–Kier alpha value is -4.47. The number of hydrogen-bond donors (Lipinski definition) is 0. The Morgan fingerprint density at radius 2 is 1.81 bits per heavy atom. The summed E-state index contributed by atoms with van der Waals surface area (Å²) in [7, 11) is 2.13. The average molecular weight is 633 g/mol.